The smallest absolute Gasteiger partial charge is 0.224 e. The summed E-state index contributed by atoms with van der Waals surface area (Å²) >= 11 is 1.38. The van der Waals surface area contributed by atoms with Gasteiger partial charge in [0, 0.05) is 0 Å². The van der Waals surface area contributed by atoms with Gasteiger partial charge in [-0.2, -0.15) is 5.10 Å². The van der Waals surface area contributed by atoms with E-state index < -0.39 is 0 Å². The van der Waals surface area contributed by atoms with Crippen LogP contribution in [0.2, 0.25) is 0 Å². The lowest BCUT2D eigenvalue weighted by molar-refractivity contribution is 0.103. The molecule has 25 heavy (non-hydrogen) atoms. The number of carbonyl (C=O) groups excluding carboxylic acids is 1. The summed E-state index contributed by atoms with van der Waals surface area (Å²) in [5, 5.41) is 14.7. The average molecular weight is 350 g/mol. The van der Waals surface area contributed by atoms with Crippen LogP contribution in [0.4, 0.5) is 0 Å². The Morgan fingerprint density at radius 2 is 1.96 bits per heavy atom. The number of hydrogen-bond donors (Lipinski definition) is 0. The quantitative estimate of drug-likeness (QED) is 0.528. The van der Waals surface area contributed by atoms with Crippen LogP contribution in [0.3, 0.4) is 0 Å². The third-order valence-corrected chi connectivity index (χ3v) is 4.78. The van der Waals surface area contributed by atoms with E-state index in [1.165, 1.54) is 11.3 Å². The van der Waals surface area contributed by atoms with Crippen molar-refractivity contribution in [1.82, 2.24) is 19.8 Å². The maximum absolute atomic E-state index is 12.4. The molecule has 7 heteroatoms. The third-order valence-electron chi connectivity index (χ3n) is 3.91. The predicted molar refractivity (Wildman–Crippen MR) is 95.3 cm³/mol. The van der Waals surface area contributed by atoms with Crippen LogP contribution >= 0.6 is 11.3 Å². The topological polar surface area (TPSA) is 69.4 Å². The zero-order valence-electron chi connectivity index (χ0n) is 13.6. The van der Waals surface area contributed by atoms with E-state index >= 15 is 0 Å². The fraction of sp³-hybridized carbons (Fsp3) is 0.111. The number of ether oxygens (including phenoxy) is 1. The highest BCUT2D eigenvalue weighted by atomic mass is 32.1. The van der Waals surface area contributed by atoms with Crippen molar-refractivity contribution < 1.29 is 9.53 Å². The number of hydrogen-bond acceptors (Lipinski definition) is 6. The van der Waals surface area contributed by atoms with Crippen molar-refractivity contribution in [1.29, 1.82) is 0 Å². The van der Waals surface area contributed by atoms with Gasteiger partial charge < -0.3 is 4.74 Å². The van der Waals surface area contributed by atoms with E-state index in [0.29, 0.717) is 10.5 Å². The molecule has 1 aromatic carbocycles. The van der Waals surface area contributed by atoms with E-state index in [4.69, 9.17) is 4.74 Å². The highest BCUT2D eigenvalue weighted by Crippen LogP contribution is 2.28. The van der Waals surface area contributed by atoms with Gasteiger partial charge in [-0.25, -0.2) is 4.52 Å². The van der Waals surface area contributed by atoms with Crippen LogP contribution in [0, 0.1) is 6.92 Å². The van der Waals surface area contributed by atoms with E-state index in [9.17, 15) is 4.79 Å². The second-order valence-corrected chi connectivity index (χ2v) is 6.43. The number of methoxy groups -OCH3 is 1. The standard InChI is InChI=1S/C18H14N4O2S/c1-11-16(12-5-7-13(24-2)8-6-12)18-20-19-14(10-22(18)21-11)17(23)15-4-3-9-25-15/h3-10H,1-2H3. The molecule has 0 fully saturated rings. The Kier molecular flexibility index (Phi) is 3.77. The molecule has 0 radical (unpaired) electrons. The Morgan fingerprint density at radius 3 is 2.64 bits per heavy atom. The molecule has 0 aliphatic rings. The summed E-state index contributed by atoms with van der Waals surface area (Å²) in [5.41, 5.74) is 3.58. The Hall–Kier alpha value is -3.06. The summed E-state index contributed by atoms with van der Waals surface area (Å²) < 4.78 is 6.81. The van der Waals surface area contributed by atoms with Gasteiger partial charge in [0.25, 0.3) is 0 Å². The molecule has 0 atom stereocenters. The molecule has 4 aromatic rings. The van der Waals surface area contributed by atoms with Crippen LogP contribution in [0.15, 0.2) is 48.0 Å². The van der Waals surface area contributed by atoms with Crippen LogP contribution < -0.4 is 4.74 Å². The minimum atomic E-state index is -0.149. The van der Waals surface area contributed by atoms with Gasteiger partial charge >= 0.3 is 0 Å². The van der Waals surface area contributed by atoms with Crippen molar-refractivity contribution in [2.75, 3.05) is 7.11 Å². The molecule has 6 nitrogen and oxygen atoms in total. The Morgan fingerprint density at radius 1 is 1.16 bits per heavy atom. The molecule has 124 valence electrons. The van der Waals surface area contributed by atoms with E-state index in [-0.39, 0.29) is 11.5 Å². The first-order chi connectivity index (χ1) is 12.2. The second-order valence-electron chi connectivity index (χ2n) is 5.48. The van der Waals surface area contributed by atoms with Crippen LogP contribution in [0.25, 0.3) is 16.8 Å². The molecule has 0 aliphatic carbocycles. The molecule has 0 spiro atoms. The first-order valence-corrected chi connectivity index (χ1v) is 8.50. The van der Waals surface area contributed by atoms with E-state index in [2.05, 4.69) is 15.3 Å². The van der Waals surface area contributed by atoms with Gasteiger partial charge in [-0.15, -0.1) is 21.5 Å². The highest BCUT2D eigenvalue weighted by molar-refractivity contribution is 7.12. The molecular weight excluding hydrogens is 336 g/mol. The number of thiophene rings is 1. The lowest BCUT2D eigenvalue weighted by Gasteiger charge is -2.03. The molecule has 4 rings (SSSR count). The molecule has 0 bridgehead atoms. The average Bonchev–Trinajstić information content (AvgIpc) is 3.28. The first-order valence-electron chi connectivity index (χ1n) is 7.62. The lowest BCUT2D eigenvalue weighted by Crippen LogP contribution is -2.06. The summed E-state index contributed by atoms with van der Waals surface area (Å²) in [5.74, 6) is 0.636. The molecule has 0 saturated carbocycles. The van der Waals surface area contributed by atoms with E-state index in [1.807, 2.05) is 42.6 Å². The van der Waals surface area contributed by atoms with Crippen molar-refractivity contribution in [3.8, 4) is 16.9 Å². The summed E-state index contributed by atoms with van der Waals surface area (Å²) in [7, 11) is 1.63. The fourth-order valence-electron chi connectivity index (χ4n) is 2.70. The Bertz CT molecular complexity index is 1050. The van der Waals surface area contributed by atoms with Gasteiger partial charge in [0.05, 0.1) is 29.4 Å². The van der Waals surface area contributed by atoms with Crippen LogP contribution in [-0.4, -0.2) is 32.7 Å². The maximum atomic E-state index is 12.4. The Balaban J connectivity index is 1.79. The number of nitrogens with zero attached hydrogens (tertiary/aromatic N) is 4. The van der Waals surface area contributed by atoms with Crippen LogP contribution in [0.1, 0.15) is 21.1 Å². The maximum Gasteiger partial charge on any atom is 0.224 e. The van der Waals surface area contributed by atoms with Crippen molar-refractivity contribution in [2.45, 2.75) is 6.92 Å². The number of ketones is 1. The van der Waals surface area contributed by atoms with Gasteiger partial charge in [-0.05, 0) is 36.1 Å². The number of carbonyl (C=O) groups is 1. The summed E-state index contributed by atoms with van der Waals surface area (Å²) in [6.45, 7) is 1.91. The van der Waals surface area contributed by atoms with Crippen molar-refractivity contribution in [2.24, 2.45) is 0 Å². The molecule has 3 aromatic heterocycles. The second kappa shape index (κ2) is 6.10. The molecule has 0 aliphatic heterocycles. The summed E-state index contributed by atoms with van der Waals surface area (Å²) in [6, 6.07) is 11.3. The zero-order valence-corrected chi connectivity index (χ0v) is 14.4. The monoisotopic (exact) mass is 350 g/mol. The molecular formula is C18H14N4O2S. The third kappa shape index (κ3) is 2.68. The number of benzene rings is 1. The van der Waals surface area contributed by atoms with Crippen LogP contribution in [0.5, 0.6) is 5.75 Å². The summed E-state index contributed by atoms with van der Waals surface area (Å²) in [4.78, 5) is 13.1. The highest BCUT2D eigenvalue weighted by Gasteiger charge is 2.18. The molecule has 3 heterocycles. The van der Waals surface area contributed by atoms with Gasteiger partial charge in [-0.3, -0.25) is 4.79 Å². The number of rotatable bonds is 4. The number of aromatic nitrogens is 4. The molecule has 0 unspecified atom stereocenters. The minimum Gasteiger partial charge on any atom is -0.497 e. The predicted octanol–water partition coefficient (Wildman–Crippen LogP) is 3.40. The van der Waals surface area contributed by atoms with Gasteiger partial charge in [-0.1, -0.05) is 18.2 Å². The van der Waals surface area contributed by atoms with E-state index in [0.717, 1.165) is 22.6 Å². The zero-order chi connectivity index (χ0) is 17.4. The normalized spacial score (nSPS) is 11.0. The van der Waals surface area contributed by atoms with Crippen LogP contribution in [-0.2, 0) is 0 Å². The largest absolute Gasteiger partial charge is 0.497 e. The SMILES string of the molecule is COc1ccc(-c2c(C)nn3cc(C(=O)c4cccs4)nnc23)cc1. The van der Waals surface area contributed by atoms with Gasteiger partial charge in [0.15, 0.2) is 11.3 Å². The van der Waals surface area contributed by atoms with Crippen molar-refractivity contribution in [3.05, 3.63) is 64.2 Å². The van der Waals surface area contributed by atoms with Gasteiger partial charge in [0.1, 0.15) is 5.75 Å². The molecule has 0 amide bonds. The summed E-state index contributed by atoms with van der Waals surface area (Å²) in [6.07, 6.45) is 1.63. The fourth-order valence-corrected chi connectivity index (χ4v) is 3.37. The molecule has 0 saturated heterocycles. The number of fused-ring (bicyclic) bond motifs is 1. The van der Waals surface area contributed by atoms with Crippen molar-refractivity contribution >= 4 is 22.8 Å². The van der Waals surface area contributed by atoms with Gasteiger partial charge in [0.2, 0.25) is 5.78 Å². The minimum absolute atomic E-state index is 0.149. The van der Waals surface area contributed by atoms with Crippen molar-refractivity contribution in [3.63, 3.8) is 0 Å². The number of aryl methyl sites for hydroxylation is 1. The molecule has 0 N–H and O–H groups in total. The van der Waals surface area contributed by atoms with E-state index in [1.54, 1.807) is 23.9 Å². The lowest BCUT2D eigenvalue weighted by atomic mass is 10.1. The Labute approximate surface area is 147 Å². The first kappa shape index (κ1) is 15.5.